The molecule has 0 bridgehead atoms. The van der Waals surface area contributed by atoms with E-state index in [0.29, 0.717) is 6.42 Å². The summed E-state index contributed by atoms with van der Waals surface area (Å²) < 4.78 is 4.62. The van der Waals surface area contributed by atoms with Crippen molar-refractivity contribution in [1.82, 2.24) is 10.2 Å². The number of halogens is 1. The summed E-state index contributed by atoms with van der Waals surface area (Å²) in [6.07, 6.45) is 7.29. The second-order valence-electron chi connectivity index (χ2n) is 5.17. The number of esters is 1. The molecule has 1 rings (SSSR count). The van der Waals surface area contributed by atoms with E-state index >= 15 is 0 Å². The van der Waals surface area contributed by atoms with Gasteiger partial charge in [0.1, 0.15) is 0 Å². The van der Waals surface area contributed by atoms with Crippen molar-refractivity contribution in [3.63, 3.8) is 0 Å². The van der Waals surface area contributed by atoms with Gasteiger partial charge in [-0.1, -0.05) is 12.8 Å². The van der Waals surface area contributed by atoms with Gasteiger partial charge >= 0.3 is 5.97 Å². The lowest BCUT2D eigenvalue weighted by Gasteiger charge is -2.20. The Hall–Kier alpha value is -0.530. The number of nitrogens with zero attached hydrogens (tertiary/aromatic N) is 2. The predicted octanol–water partition coefficient (Wildman–Crippen LogP) is 2.79. The van der Waals surface area contributed by atoms with Crippen LogP contribution in [0.5, 0.6) is 0 Å². The molecule has 0 aromatic heterocycles. The summed E-state index contributed by atoms with van der Waals surface area (Å²) >= 11 is 0. The first-order valence-corrected chi connectivity index (χ1v) is 7.88. The number of hydrogen-bond acceptors (Lipinski definition) is 3. The highest BCUT2D eigenvalue weighted by atomic mass is 127. The molecule has 6 heteroatoms. The molecule has 0 aromatic rings. The summed E-state index contributed by atoms with van der Waals surface area (Å²) in [6, 6.07) is 0. The van der Waals surface area contributed by atoms with E-state index in [1.807, 2.05) is 0 Å². The van der Waals surface area contributed by atoms with Crippen molar-refractivity contribution in [2.45, 2.75) is 51.9 Å². The van der Waals surface area contributed by atoms with Crippen LogP contribution >= 0.6 is 24.0 Å². The van der Waals surface area contributed by atoms with E-state index < -0.39 is 0 Å². The molecule has 1 aliphatic rings. The summed E-state index contributed by atoms with van der Waals surface area (Å²) in [4.78, 5) is 18.0. The van der Waals surface area contributed by atoms with Gasteiger partial charge in [0.25, 0.3) is 0 Å². The zero-order chi connectivity index (χ0) is 14.6. The Morgan fingerprint density at radius 2 is 1.86 bits per heavy atom. The van der Waals surface area contributed by atoms with Gasteiger partial charge in [-0.2, -0.15) is 0 Å². The molecule has 0 unspecified atom stereocenters. The second-order valence-corrected chi connectivity index (χ2v) is 5.17. The molecular weight excluding hydrogens is 381 g/mol. The monoisotopic (exact) mass is 411 g/mol. The lowest BCUT2D eigenvalue weighted by Crippen LogP contribution is -2.39. The van der Waals surface area contributed by atoms with Crippen molar-refractivity contribution in [3.8, 4) is 0 Å². The van der Waals surface area contributed by atoms with Gasteiger partial charge < -0.3 is 15.0 Å². The van der Waals surface area contributed by atoms with Crippen LogP contribution in [0.15, 0.2) is 4.99 Å². The summed E-state index contributed by atoms with van der Waals surface area (Å²) in [5.74, 6) is 0.964. The van der Waals surface area contributed by atoms with E-state index in [1.165, 1.54) is 20.0 Å². The minimum absolute atomic E-state index is 0. The average molecular weight is 411 g/mol. The first kappa shape index (κ1) is 20.5. The van der Waals surface area contributed by atoms with Gasteiger partial charge in [0.05, 0.1) is 7.11 Å². The first-order chi connectivity index (χ1) is 9.77. The van der Waals surface area contributed by atoms with Crippen LogP contribution in [-0.4, -0.2) is 50.1 Å². The van der Waals surface area contributed by atoms with Crippen LogP contribution in [0.4, 0.5) is 0 Å². The Kier molecular flexibility index (Phi) is 12.8. The molecule has 0 aliphatic carbocycles. The van der Waals surface area contributed by atoms with Crippen LogP contribution in [0, 0.1) is 0 Å². The van der Waals surface area contributed by atoms with Crippen molar-refractivity contribution < 1.29 is 9.53 Å². The molecule has 1 N–H and O–H groups in total. The van der Waals surface area contributed by atoms with Gasteiger partial charge in [-0.3, -0.25) is 9.79 Å². The molecule has 124 valence electrons. The van der Waals surface area contributed by atoms with E-state index in [2.05, 4.69) is 26.9 Å². The molecule has 1 heterocycles. The maximum atomic E-state index is 11.0. The number of rotatable bonds is 8. The number of ether oxygens (including phenoxy) is 1. The average Bonchev–Trinajstić information content (AvgIpc) is 2.98. The fraction of sp³-hybridized carbons (Fsp3) is 0.867. The Morgan fingerprint density at radius 1 is 1.19 bits per heavy atom. The van der Waals surface area contributed by atoms with Gasteiger partial charge in [-0.25, -0.2) is 0 Å². The minimum atomic E-state index is -0.105. The van der Waals surface area contributed by atoms with Gasteiger partial charge in [0.15, 0.2) is 5.96 Å². The van der Waals surface area contributed by atoms with E-state index in [-0.39, 0.29) is 29.9 Å². The number of guanidine groups is 1. The molecule has 1 fully saturated rings. The number of methoxy groups -OCH3 is 1. The summed E-state index contributed by atoms with van der Waals surface area (Å²) in [7, 11) is 1.44. The van der Waals surface area contributed by atoms with Crippen LogP contribution in [0.25, 0.3) is 0 Å². The van der Waals surface area contributed by atoms with Crippen LogP contribution in [-0.2, 0) is 9.53 Å². The maximum absolute atomic E-state index is 11.0. The SMILES string of the molecule is CCNC(=NCCCCCCC(=O)OC)N1CCCC1.I. The van der Waals surface area contributed by atoms with Crippen LogP contribution in [0.2, 0.25) is 0 Å². The highest BCUT2D eigenvalue weighted by molar-refractivity contribution is 14.0. The number of hydrogen-bond donors (Lipinski definition) is 1. The third-order valence-corrected chi connectivity index (χ3v) is 3.52. The zero-order valence-corrected chi connectivity index (χ0v) is 15.7. The van der Waals surface area contributed by atoms with E-state index in [1.54, 1.807) is 0 Å². The maximum Gasteiger partial charge on any atom is 0.305 e. The quantitative estimate of drug-likeness (QED) is 0.220. The summed E-state index contributed by atoms with van der Waals surface area (Å²) in [6.45, 7) is 6.17. The Labute approximate surface area is 145 Å². The zero-order valence-electron chi connectivity index (χ0n) is 13.4. The van der Waals surface area contributed by atoms with E-state index in [4.69, 9.17) is 0 Å². The molecule has 5 nitrogen and oxygen atoms in total. The first-order valence-electron chi connectivity index (χ1n) is 7.88. The van der Waals surface area contributed by atoms with Gasteiger partial charge in [0.2, 0.25) is 0 Å². The Bertz CT molecular complexity index is 305. The molecule has 0 aromatic carbocycles. The Morgan fingerprint density at radius 3 is 2.48 bits per heavy atom. The molecule has 0 radical (unpaired) electrons. The van der Waals surface area contributed by atoms with Crippen molar-refractivity contribution >= 4 is 35.9 Å². The van der Waals surface area contributed by atoms with Gasteiger partial charge in [-0.05, 0) is 32.6 Å². The lowest BCUT2D eigenvalue weighted by molar-refractivity contribution is -0.140. The third-order valence-electron chi connectivity index (χ3n) is 3.52. The highest BCUT2D eigenvalue weighted by Crippen LogP contribution is 2.08. The number of carbonyl (C=O) groups excluding carboxylic acids is 1. The summed E-state index contributed by atoms with van der Waals surface area (Å²) in [5, 5.41) is 3.36. The normalized spacial score (nSPS) is 14.8. The predicted molar refractivity (Wildman–Crippen MR) is 97.3 cm³/mol. The van der Waals surface area contributed by atoms with Crippen molar-refractivity contribution in [2.75, 3.05) is 33.3 Å². The number of likely N-dealkylation sites (tertiary alicyclic amines) is 1. The summed E-state index contributed by atoms with van der Waals surface area (Å²) in [5.41, 5.74) is 0. The van der Waals surface area contributed by atoms with Crippen LogP contribution in [0.1, 0.15) is 51.9 Å². The standard InChI is InChI=1S/C15H29N3O2.HI/c1-3-16-15(18-12-8-9-13-18)17-11-7-5-4-6-10-14(19)20-2;/h3-13H2,1-2H3,(H,16,17);1H. The van der Waals surface area contributed by atoms with Crippen molar-refractivity contribution in [2.24, 2.45) is 4.99 Å². The van der Waals surface area contributed by atoms with Crippen molar-refractivity contribution in [3.05, 3.63) is 0 Å². The molecule has 0 atom stereocenters. The molecule has 1 aliphatic heterocycles. The number of unbranched alkanes of at least 4 members (excludes halogenated alkanes) is 3. The molecular formula is C15H30IN3O2. The highest BCUT2D eigenvalue weighted by Gasteiger charge is 2.14. The van der Waals surface area contributed by atoms with E-state index in [9.17, 15) is 4.79 Å². The van der Waals surface area contributed by atoms with Gasteiger partial charge in [-0.15, -0.1) is 24.0 Å². The largest absolute Gasteiger partial charge is 0.469 e. The van der Waals surface area contributed by atoms with E-state index in [0.717, 1.165) is 57.8 Å². The fourth-order valence-electron chi connectivity index (χ4n) is 2.38. The molecule has 0 spiro atoms. The molecule has 1 saturated heterocycles. The minimum Gasteiger partial charge on any atom is -0.469 e. The lowest BCUT2D eigenvalue weighted by atomic mass is 10.1. The van der Waals surface area contributed by atoms with Gasteiger partial charge in [0, 0.05) is 32.6 Å². The van der Waals surface area contributed by atoms with Crippen molar-refractivity contribution in [1.29, 1.82) is 0 Å². The third kappa shape index (κ3) is 9.16. The molecule has 0 saturated carbocycles. The molecule has 21 heavy (non-hydrogen) atoms. The number of nitrogens with one attached hydrogen (secondary N) is 1. The molecule has 0 amide bonds. The second kappa shape index (κ2) is 13.2. The smallest absolute Gasteiger partial charge is 0.305 e. The Balaban J connectivity index is 0.00000400. The van der Waals surface area contributed by atoms with Crippen LogP contribution < -0.4 is 5.32 Å². The topological polar surface area (TPSA) is 53.9 Å². The fourth-order valence-corrected chi connectivity index (χ4v) is 2.38. The number of carbonyl (C=O) groups is 1. The van der Waals surface area contributed by atoms with Crippen LogP contribution in [0.3, 0.4) is 0 Å². The number of aliphatic imine (C=N–C) groups is 1.